The third kappa shape index (κ3) is 4.21. The maximum Gasteiger partial charge on any atom is 0.174 e. The van der Waals surface area contributed by atoms with Gasteiger partial charge in [-0.05, 0) is 26.3 Å². The van der Waals surface area contributed by atoms with Crippen LogP contribution in [0.3, 0.4) is 0 Å². The second-order valence-electron chi connectivity index (χ2n) is 4.90. The number of aromatic nitrogens is 2. The number of rotatable bonds is 4. The summed E-state index contributed by atoms with van der Waals surface area (Å²) in [6, 6.07) is 0.643. The van der Waals surface area contributed by atoms with E-state index < -0.39 is 0 Å². The van der Waals surface area contributed by atoms with Crippen LogP contribution in [0.15, 0.2) is 4.34 Å². The average molecular weight is 285 g/mol. The van der Waals surface area contributed by atoms with Crippen LogP contribution >= 0.6 is 23.1 Å². The maximum absolute atomic E-state index is 4.26. The van der Waals surface area contributed by atoms with Crippen molar-refractivity contribution in [2.75, 3.05) is 6.54 Å². The number of thioether (sulfide) groups is 1. The molecule has 1 aromatic heterocycles. The Labute approximate surface area is 118 Å². The Morgan fingerprint density at radius 2 is 2.00 bits per heavy atom. The van der Waals surface area contributed by atoms with E-state index in [4.69, 9.17) is 0 Å². The molecule has 1 aromatic rings. The van der Waals surface area contributed by atoms with Crippen LogP contribution in [-0.4, -0.2) is 28.0 Å². The number of nitrogens with zero attached hydrogens (tertiary/aromatic N) is 2. The lowest BCUT2D eigenvalue weighted by atomic mass is 9.96. The van der Waals surface area contributed by atoms with Gasteiger partial charge in [-0.1, -0.05) is 55.7 Å². The zero-order valence-corrected chi connectivity index (χ0v) is 12.9. The number of aryl methyl sites for hydroxylation is 1. The molecule has 1 aliphatic rings. The Kier molecular flexibility index (Phi) is 5.92. The Morgan fingerprint density at radius 1 is 1.22 bits per heavy atom. The molecule has 1 heterocycles. The van der Waals surface area contributed by atoms with Crippen molar-refractivity contribution in [3.8, 4) is 0 Å². The molecule has 5 heteroatoms. The van der Waals surface area contributed by atoms with Crippen LogP contribution in [0.25, 0.3) is 0 Å². The van der Waals surface area contributed by atoms with Crippen molar-refractivity contribution in [2.45, 2.75) is 68.0 Å². The molecule has 0 aliphatic heterocycles. The van der Waals surface area contributed by atoms with Crippen LogP contribution < -0.4 is 5.32 Å². The highest BCUT2D eigenvalue weighted by Gasteiger charge is 2.24. The van der Waals surface area contributed by atoms with Crippen molar-refractivity contribution >= 4 is 23.1 Å². The van der Waals surface area contributed by atoms with Gasteiger partial charge in [-0.3, -0.25) is 0 Å². The molecule has 3 nitrogen and oxygen atoms in total. The highest BCUT2D eigenvalue weighted by molar-refractivity contribution is 8.01. The smallest absolute Gasteiger partial charge is 0.174 e. The molecule has 0 amide bonds. The molecule has 0 radical (unpaired) electrons. The van der Waals surface area contributed by atoms with Crippen LogP contribution in [0.2, 0.25) is 0 Å². The van der Waals surface area contributed by atoms with Gasteiger partial charge in [-0.25, -0.2) is 0 Å². The lowest BCUT2D eigenvalue weighted by Gasteiger charge is -2.28. The number of hydrogen-bond acceptors (Lipinski definition) is 5. The molecule has 0 saturated heterocycles. The standard InChI is InChI=1S/C13H23N3S2/c1-3-14-11-8-6-4-5-7-9-12(11)18-13-16-15-10(2)17-13/h11-12,14H,3-9H2,1-2H3. The SMILES string of the molecule is CCNC1CCCCCCC1Sc1nnc(C)s1. The molecule has 1 fully saturated rings. The lowest BCUT2D eigenvalue weighted by molar-refractivity contribution is 0.406. The highest BCUT2D eigenvalue weighted by atomic mass is 32.2. The minimum Gasteiger partial charge on any atom is -0.313 e. The van der Waals surface area contributed by atoms with Gasteiger partial charge in [0.2, 0.25) is 0 Å². The Bertz CT molecular complexity index is 354. The second-order valence-corrected chi connectivity index (χ2v) is 7.57. The van der Waals surface area contributed by atoms with Crippen LogP contribution in [0.4, 0.5) is 0 Å². The predicted octanol–water partition coefficient (Wildman–Crippen LogP) is 3.64. The van der Waals surface area contributed by atoms with Crippen LogP contribution in [0.5, 0.6) is 0 Å². The molecule has 18 heavy (non-hydrogen) atoms. The van der Waals surface area contributed by atoms with E-state index in [1.807, 2.05) is 18.7 Å². The fourth-order valence-corrected chi connectivity index (χ4v) is 4.91. The van der Waals surface area contributed by atoms with Gasteiger partial charge in [0.15, 0.2) is 4.34 Å². The predicted molar refractivity (Wildman–Crippen MR) is 79.5 cm³/mol. The first kappa shape index (κ1) is 14.3. The van der Waals surface area contributed by atoms with Crippen molar-refractivity contribution in [3.05, 3.63) is 5.01 Å². The first-order valence-corrected chi connectivity index (χ1v) is 8.69. The van der Waals surface area contributed by atoms with Crippen LogP contribution in [0.1, 0.15) is 50.5 Å². The third-order valence-corrected chi connectivity index (χ3v) is 5.75. The average Bonchev–Trinajstić information content (AvgIpc) is 2.73. The Balaban J connectivity index is 1.99. The summed E-state index contributed by atoms with van der Waals surface area (Å²) in [5, 5.41) is 13.8. The van der Waals surface area contributed by atoms with E-state index in [9.17, 15) is 0 Å². The van der Waals surface area contributed by atoms with E-state index in [1.165, 1.54) is 38.5 Å². The fraction of sp³-hybridized carbons (Fsp3) is 0.846. The summed E-state index contributed by atoms with van der Waals surface area (Å²) < 4.78 is 1.14. The van der Waals surface area contributed by atoms with Gasteiger partial charge in [-0.2, -0.15) is 0 Å². The molecule has 102 valence electrons. The van der Waals surface area contributed by atoms with E-state index in [2.05, 4.69) is 22.4 Å². The summed E-state index contributed by atoms with van der Waals surface area (Å²) in [6.45, 7) is 5.30. The van der Waals surface area contributed by atoms with Crippen LogP contribution in [-0.2, 0) is 0 Å². The molecule has 2 atom stereocenters. The van der Waals surface area contributed by atoms with Crippen molar-refractivity contribution in [1.82, 2.24) is 15.5 Å². The van der Waals surface area contributed by atoms with Gasteiger partial charge >= 0.3 is 0 Å². The summed E-state index contributed by atoms with van der Waals surface area (Å²) in [4.78, 5) is 0. The molecule has 1 saturated carbocycles. The van der Waals surface area contributed by atoms with Crippen molar-refractivity contribution < 1.29 is 0 Å². The zero-order chi connectivity index (χ0) is 12.8. The minimum absolute atomic E-state index is 0.643. The lowest BCUT2D eigenvalue weighted by Crippen LogP contribution is -2.38. The minimum atomic E-state index is 0.643. The zero-order valence-electron chi connectivity index (χ0n) is 11.3. The van der Waals surface area contributed by atoms with E-state index in [-0.39, 0.29) is 0 Å². The topological polar surface area (TPSA) is 37.8 Å². The molecule has 1 aliphatic carbocycles. The van der Waals surface area contributed by atoms with Gasteiger partial charge < -0.3 is 5.32 Å². The highest BCUT2D eigenvalue weighted by Crippen LogP contribution is 2.33. The molecule has 0 spiro atoms. The first-order chi connectivity index (χ1) is 8.79. The molecule has 2 unspecified atom stereocenters. The van der Waals surface area contributed by atoms with Crippen molar-refractivity contribution in [2.24, 2.45) is 0 Å². The number of nitrogens with one attached hydrogen (secondary N) is 1. The van der Waals surface area contributed by atoms with Gasteiger partial charge in [0, 0.05) is 11.3 Å². The van der Waals surface area contributed by atoms with Crippen LogP contribution in [0, 0.1) is 6.92 Å². The largest absolute Gasteiger partial charge is 0.313 e. The van der Waals surface area contributed by atoms with Gasteiger partial charge in [0.1, 0.15) is 5.01 Å². The summed E-state index contributed by atoms with van der Waals surface area (Å²) in [6.07, 6.45) is 8.13. The van der Waals surface area contributed by atoms with Crippen molar-refractivity contribution in [1.29, 1.82) is 0 Å². The molecular weight excluding hydrogens is 262 g/mol. The quantitative estimate of drug-likeness (QED) is 0.916. The molecule has 2 rings (SSSR count). The van der Waals surface area contributed by atoms with Gasteiger partial charge in [-0.15, -0.1) is 10.2 Å². The van der Waals surface area contributed by atoms with E-state index >= 15 is 0 Å². The third-order valence-electron chi connectivity index (χ3n) is 3.43. The summed E-state index contributed by atoms with van der Waals surface area (Å²) in [5.41, 5.74) is 0. The summed E-state index contributed by atoms with van der Waals surface area (Å²) in [7, 11) is 0. The number of hydrogen-bond donors (Lipinski definition) is 1. The normalized spacial score (nSPS) is 25.7. The summed E-state index contributed by atoms with van der Waals surface area (Å²) in [5.74, 6) is 0. The fourth-order valence-electron chi connectivity index (χ4n) is 2.54. The molecule has 1 N–H and O–H groups in total. The molecular formula is C13H23N3S2. The monoisotopic (exact) mass is 285 g/mol. The second kappa shape index (κ2) is 7.46. The van der Waals surface area contributed by atoms with Gasteiger partial charge in [0.05, 0.1) is 0 Å². The summed E-state index contributed by atoms with van der Waals surface area (Å²) >= 11 is 3.66. The van der Waals surface area contributed by atoms with Gasteiger partial charge in [0.25, 0.3) is 0 Å². The Morgan fingerprint density at radius 3 is 2.67 bits per heavy atom. The van der Waals surface area contributed by atoms with E-state index in [1.54, 1.807) is 11.3 Å². The molecule has 0 aromatic carbocycles. The molecule has 0 bridgehead atoms. The van der Waals surface area contributed by atoms with E-state index in [0.717, 1.165) is 15.9 Å². The maximum atomic E-state index is 4.26. The van der Waals surface area contributed by atoms with E-state index in [0.29, 0.717) is 11.3 Å². The van der Waals surface area contributed by atoms with Crippen molar-refractivity contribution in [3.63, 3.8) is 0 Å². The first-order valence-electron chi connectivity index (χ1n) is 6.99. The Hall–Kier alpha value is -0.130.